The van der Waals surface area contributed by atoms with Crippen molar-refractivity contribution in [3.63, 3.8) is 0 Å². The summed E-state index contributed by atoms with van der Waals surface area (Å²) in [6.45, 7) is 0. The Morgan fingerprint density at radius 1 is 1.31 bits per heavy atom. The van der Waals surface area contributed by atoms with Crippen molar-refractivity contribution in [1.82, 2.24) is 9.97 Å². The molecule has 3 nitrogen and oxygen atoms in total. The van der Waals surface area contributed by atoms with E-state index in [0.29, 0.717) is 11.7 Å². The maximum atomic E-state index is 5.76. The number of hydrogen-bond acceptors (Lipinski definition) is 3. The molecular formula is C12H10BrN3. The van der Waals surface area contributed by atoms with Gasteiger partial charge in [-0.15, -0.1) is 0 Å². The van der Waals surface area contributed by atoms with Gasteiger partial charge in [0.15, 0.2) is 0 Å². The van der Waals surface area contributed by atoms with Crippen molar-refractivity contribution in [2.75, 3.05) is 5.73 Å². The fraction of sp³-hybridized carbons (Fsp3) is 0.167. The smallest absolute Gasteiger partial charge is 0.141 e. The molecule has 0 spiro atoms. The summed E-state index contributed by atoms with van der Waals surface area (Å²) >= 11 is 3.30. The van der Waals surface area contributed by atoms with Gasteiger partial charge in [0.2, 0.25) is 0 Å². The fourth-order valence-electron chi connectivity index (χ4n) is 2.05. The molecule has 1 heterocycles. The summed E-state index contributed by atoms with van der Waals surface area (Å²) in [5, 5.41) is 0. The third-order valence-corrected chi connectivity index (χ3v) is 3.57. The minimum absolute atomic E-state index is 0.312. The number of halogens is 1. The zero-order chi connectivity index (χ0) is 11.1. The average Bonchev–Trinajstić information content (AvgIpc) is 2.25. The highest BCUT2D eigenvalue weighted by Crippen LogP contribution is 2.38. The van der Waals surface area contributed by atoms with Crippen molar-refractivity contribution in [3.8, 4) is 0 Å². The first-order valence-corrected chi connectivity index (χ1v) is 5.90. The minimum atomic E-state index is 0.312. The molecule has 3 rings (SSSR count). The second-order valence-corrected chi connectivity index (χ2v) is 4.77. The Labute approximate surface area is 102 Å². The van der Waals surface area contributed by atoms with E-state index in [9.17, 15) is 0 Å². The summed E-state index contributed by atoms with van der Waals surface area (Å²) in [7, 11) is 0. The van der Waals surface area contributed by atoms with E-state index in [4.69, 9.17) is 5.73 Å². The highest BCUT2D eigenvalue weighted by Gasteiger charge is 2.29. The van der Waals surface area contributed by atoms with E-state index in [0.717, 1.165) is 16.7 Å². The molecule has 1 aliphatic rings. The molecular weight excluding hydrogens is 266 g/mol. The van der Waals surface area contributed by atoms with Gasteiger partial charge in [0, 0.05) is 12.1 Å². The number of nitrogens with zero attached hydrogens (tertiary/aromatic N) is 2. The van der Waals surface area contributed by atoms with Crippen LogP contribution in [0.2, 0.25) is 0 Å². The number of benzene rings is 1. The van der Waals surface area contributed by atoms with E-state index < -0.39 is 0 Å². The first-order chi connectivity index (χ1) is 7.75. The molecule has 0 radical (unpaired) electrons. The lowest BCUT2D eigenvalue weighted by atomic mass is 9.77. The van der Waals surface area contributed by atoms with Crippen LogP contribution in [0.15, 0.2) is 34.9 Å². The lowest BCUT2D eigenvalue weighted by Gasteiger charge is -2.28. The number of hydrogen-bond donors (Lipinski definition) is 1. The molecule has 16 heavy (non-hydrogen) atoms. The first-order valence-electron chi connectivity index (χ1n) is 5.11. The number of nitrogens with two attached hydrogens (primary N) is 1. The summed E-state index contributed by atoms with van der Waals surface area (Å²) in [5.74, 6) is 1.64. The van der Waals surface area contributed by atoms with Crippen LogP contribution in [-0.4, -0.2) is 9.97 Å². The molecule has 4 heteroatoms. The third kappa shape index (κ3) is 1.41. The topological polar surface area (TPSA) is 51.8 Å². The maximum Gasteiger partial charge on any atom is 0.141 e. The lowest BCUT2D eigenvalue weighted by Crippen LogP contribution is -2.20. The number of aromatic nitrogens is 2. The summed E-state index contributed by atoms with van der Waals surface area (Å²) in [5.41, 5.74) is 8.47. The van der Waals surface area contributed by atoms with E-state index in [2.05, 4.69) is 44.1 Å². The van der Waals surface area contributed by atoms with Crippen molar-refractivity contribution in [2.24, 2.45) is 0 Å². The summed E-state index contributed by atoms with van der Waals surface area (Å²) in [4.78, 5) is 8.64. The normalized spacial score (nSPS) is 17.7. The van der Waals surface area contributed by atoms with E-state index in [1.807, 2.05) is 6.07 Å². The second kappa shape index (κ2) is 3.56. The van der Waals surface area contributed by atoms with E-state index in [1.54, 1.807) is 6.20 Å². The van der Waals surface area contributed by atoms with Crippen LogP contribution in [0.4, 0.5) is 5.82 Å². The molecule has 0 aliphatic heterocycles. The molecule has 0 saturated carbocycles. The molecule has 1 unspecified atom stereocenters. The largest absolute Gasteiger partial charge is 0.383 e. The molecule has 1 aromatic heterocycles. The zero-order valence-corrected chi connectivity index (χ0v) is 10.1. The van der Waals surface area contributed by atoms with Gasteiger partial charge in [0.25, 0.3) is 0 Å². The average molecular weight is 276 g/mol. The Balaban J connectivity index is 1.99. The van der Waals surface area contributed by atoms with Crippen LogP contribution in [0.5, 0.6) is 0 Å². The molecule has 1 atom stereocenters. The molecule has 1 aliphatic carbocycles. The predicted octanol–water partition coefficient (Wildman–Crippen LogP) is 2.51. The standard InChI is InChI=1S/C12H10BrN3/c13-10-6-15-12(16-11(10)14)9-5-7-3-1-2-4-8(7)9/h1-4,6,9H,5H2,(H2,14,15,16). The van der Waals surface area contributed by atoms with Crippen molar-refractivity contribution in [1.29, 1.82) is 0 Å². The van der Waals surface area contributed by atoms with Crippen LogP contribution in [0, 0.1) is 0 Å². The molecule has 0 fully saturated rings. The molecule has 1 aromatic carbocycles. The monoisotopic (exact) mass is 275 g/mol. The minimum Gasteiger partial charge on any atom is -0.383 e. The fourth-order valence-corrected chi connectivity index (χ4v) is 2.24. The molecule has 0 saturated heterocycles. The van der Waals surface area contributed by atoms with Gasteiger partial charge in [0.05, 0.1) is 4.47 Å². The Morgan fingerprint density at radius 2 is 2.12 bits per heavy atom. The summed E-state index contributed by atoms with van der Waals surface area (Å²) in [6.07, 6.45) is 2.73. The van der Waals surface area contributed by atoms with Crippen molar-refractivity contribution in [2.45, 2.75) is 12.3 Å². The number of anilines is 1. The van der Waals surface area contributed by atoms with Gasteiger partial charge in [-0.25, -0.2) is 9.97 Å². The molecule has 0 bridgehead atoms. The summed E-state index contributed by atoms with van der Waals surface area (Å²) < 4.78 is 0.754. The van der Waals surface area contributed by atoms with Crippen LogP contribution in [-0.2, 0) is 6.42 Å². The zero-order valence-electron chi connectivity index (χ0n) is 8.52. The molecule has 2 N–H and O–H groups in total. The highest BCUT2D eigenvalue weighted by molar-refractivity contribution is 9.10. The van der Waals surface area contributed by atoms with Crippen LogP contribution >= 0.6 is 15.9 Å². The first kappa shape index (κ1) is 9.78. The Morgan fingerprint density at radius 3 is 2.88 bits per heavy atom. The van der Waals surface area contributed by atoms with Gasteiger partial charge in [-0.05, 0) is 33.5 Å². The maximum absolute atomic E-state index is 5.76. The predicted molar refractivity (Wildman–Crippen MR) is 66.1 cm³/mol. The SMILES string of the molecule is Nc1nc(C2Cc3ccccc32)ncc1Br. The van der Waals surface area contributed by atoms with Gasteiger partial charge >= 0.3 is 0 Å². The van der Waals surface area contributed by atoms with Gasteiger partial charge in [-0.1, -0.05) is 24.3 Å². The van der Waals surface area contributed by atoms with Crippen LogP contribution in [0.1, 0.15) is 22.9 Å². The van der Waals surface area contributed by atoms with Gasteiger partial charge in [0.1, 0.15) is 11.6 Å². The van der Waals surface area contributed by atoms with E-state index >= 15 is 0 Å². The quantitative estimate of drug-likeness (QED) is 0.870. The van der Waals surface area contributed by atoms with Crippen molar-refractivity contribution >= 4 is 21.7 Å². The Hall–Kier alpha value is -1.42. The molecule has 0 amide bonds. The Bertz CT molecular complexity index is 554. The van der Waals surface area contributed by atoms with Crippen molar-refractivity contribution in [3.05, 3.63) is 51.9 Å². The van der Waals surface area contributed by atoms with Gasteiger partial charge in [-0.2, -0.15) is 0 Å². The van der Waals surface area contributed by atoms with Crippen LogP contribution < -0.4 is 5.73 Å². The van der Waals surface area contributed by atoms with Gasteiger partial charge in [-0.3, -0.25) is 0 Å². The van der Waals surface area contributed by atoms with E-state index in [-0.39, 0.29) is 0 Å². The van der Waals surface area contributed by atoms with E-state index in [1.165, 1.54) is 11.1 Å². The van der Waals surface area contributed by atoms with Crippen LogP contribution in [0.3, 0.4) is 0 Å². The third-order valence-electron chi connectivity index (χ3n) is 2.96. The lowest BCUT2D eigenvalue weighted by molar-refractivity contribution is 0.660. The summed E-state index contributed by atoms with van der Waals surface area (Å²) in [6, 6.07) is 8.39. The highest BCUT2D eigenvalue weighted by atomic mass is 79.9. The van der Waals surface area contributed by atoms with Crippen molar-refractivity contribution < 1.29 is 0 Å². The molecule has 80 valence electrons. The number of fused-ring (bicyclic) bond motifs is 1. The number of rotatable bonds is 1. The van der Waals surface area contributed by atoms with Crippen LogP contribution in [0.25, 0.3) is 0 Å². The molecule has 2 aromatic rings. The Kier molecular flexibility index (Phi) is 2.17. The number of nitrogen functional groups attached to an aromatic ring is 1. The van der Waals surface area contributed by atoms with Gasteiger partial charge < -0.3 is 5.73 Å². The second-order valence-electron chi connectivity index (χ2n) is 3.92.